The Labute approximate surface area is 104 Å². The van der Waals surface area contributed by atoms with Gasteiger partial charge in [-0.1, -0.05) is 25.1 Å². The van der Waals surface area contributed by atoms with Crippen LogP contribution in [0.2, 0.25) is 0 Å². The summed E-state index contributed by atoms with van der Waals surface area (Å²) in [6.45, 7) is 7.94. The summed E-state index contributed by atoms with van der Waals surface area (Å²) in [6.07, 6.45) is 0. The molecule has 0 fully saturated rings. The van der Waals surface area contributed by atoms with Crippen molar-refractivity contribution in [2.45, 2.75) is 26.7 Å². The van der Waals surface area contributed by atoms with Crippen molar-refractivity contribution >= 4 is 0 Å². The molecule has 2 rings (SSSR count). The smallest absolute Gasteiger partial charge is 0.0725 e. The lowest BCUT2D eigenvalue weighted by Crippen LogP contribution is -2.28. The number of hydrogen-bond acceptors (Lipinski definition) is 3. The van der Waals surface area contributed by atoms with E-state index < -0.39 is 0 Å². The van der Waals surface area contributed by atoms with Gasteiger partial charge in [0.1, 0.15) is 0 Å². The fourth-order valence-electron chi connectivity index (χ4n) is 2.00. The summed E-state index contributed by atoms with van der Waals surface area (Å²) in [4.78, 5) is 2.31. The normalized spacial score (nSPS) is 14.3. The topological polar surface area (TPSA) is 24.5 Å². The SMILES string of the molecule is CCN(C)CCNCc1ccc2c(c1)COC2. The number of fused-ring (bicyclic) bond motifs is 1. The van der Waals surface area contributed by atoms with Crippen LogP contribution < -0.4 is 5.32 Å². The second-order valence-electron chi connectivity index (χ2n) is 4.67. The number of hydrogen-bond donors (Lipinski definition) is 1. The number of rotatable bonds is 6. The van der Waals surface area contributed by atoms with E-state index in [9.17, 15) is 0 Å². The zero-order valence-electron chi connectivity index (χ0n) is 10.8. The monoisotopic (exact) mass is 234 g/mol. The molecule has 0 bridgehead atoms. The Morgan fingerprint density at radius 3 is 2.94 bits per heavy atom. The Hall–Kier alpha value is -0.900. The average molecular weight is 234 g/mol. The van der Waals surface area contributed by atoms with Gasteiger partial charge < -0.3 is 15.0 Å². The molecule has 0 saturated heterocycles. The maximum Gasteiger partial charge on any atom is 0.0725 e. The highest BCUT2D eigenvalue weighted by Gasteiger charge is 2.10. The standard InChI is InChI=1S/C14H22N2O/c1-3-16(2)7-6-15-9-12-4-5-13-10-17-11-14(13)8-12/h4-5,8,15H,3,6-7,9-11H2,1-2H3. The summed E-state index contributed by atoms with van der Waals surface area (Å²) in [6, 6.07) is 6.65. The lowest BCUT2D eigenvalue weighted by atomic mass is 10.1. The van der Waals surface area contributed by atoms with Gasteiger partial charge in [0, 0.05) is 19.6 Å². The molecular formula is C14H22N2O. The molecule has 1 aliphatic rings. The predicted octanol–water partition coefficient (Wildman–Crippen LogP) is 1.76. The second kappa shape index (κ2) is 6.15. The van der Waals surface area contributed by atoms with Crippen molar-refractivity contribution in [3.8, 4) is 0 Å². The van der Waals surface area contributed by atoms with Crippen LogP contribution in [0, 0.1) is 0 Å². The Kier molecular flexibility index (Phi) is 4.54. The summed E-state index contributed by atoms with van der Waals surface area (Å²) in [5, 5.41) is 3.48. The van der Waals surface area contributed by atoms with E-state index in [0.29, 0.717) is 0 Å². The molecule has 0 atom stereocenters. The maximum atomic E-state index is 5.41. The van der Waals surface area contributed by atoms with Crippen LogP contribution in [0.5, 0.6) is 0 Å². The molecule has 3 nitrogen and oxygen atoms in total. The van der Waals surface area contributed by atoms with Gasteiger partial charge in [0.15, 0.2) is 0 Å². The molecule has 0 aliphatic carbocycles. The fourth-order valence-corrected chi connectivity index (χ4v) is 2.00. The average Bonchev–Trinajstić information content (AvgIpc) is 2.81. The summed E-state index contributed by atoms with van der Waals surface area (Å²) in [5.74, 6) is 0. The Morgan fingerprint density at radius 1 is 1.29 bits per heavy atom. The molecule has 3 heteroatoms. The van der Waals surface area contributed by atoms with Crippen molar-refractivity contribution in [2.24, 2.45) is 0 Å². The van der Waals surface area contributed by atoms with Gasteiger partial charge in [0.25, 0.3) is 0 Å². The minimum atomic E-state index is 0.780. The largest absolute Gasteiger partial charge is 0.372 e. The first-order chi connectivity index (χ1) is 8.29. The molecule has 1 heterocycles. The lowest BCUT2D eigenvalue weighted by Gasteiger charge is -2.14. The van der Waals surface area contributed by atoms with Gasteiger partial charge in [-0.2, -0.15) is 0 Å². The highest BCUT2D eigenvalue weighted by molar-refractivity contribution is 5.33. The van der Waals surface area contributed by atoms with Gasteiger partial charge in [-0.05, 0) is 30.3 Å². The highest BCUT2D eigenvalue weighted by Crippen LogP contribution is 2.20. The minimum absolute atomic E-state index is 0.780. The van der Waals surface area contributed by atoms with Crippen molar-refractivity contribution in [2.75, 3.05) is 26.7 Å². The van der Waals surface area contributed by atoms with Crippen LogP contribution >= 0.6 is 0 Å². The van der Waals surface area contributed by atoms with Crippen LogP contribution in [0.15, 0.2) is 18.2 Å². The predicted molar refractivity (Wildman–Crippen MR) is 69.8 cm³/mol. The molecule has 1 aromatic rings. The van der Waals surface area contributed by atoms with E-state index in [4.69, 9.17) is 4.74 Å². The number of nitrogens with one attached hydrogen (secondary N) is 1. The number of benzene rings is 1. The quantitative estimate of drug-likeness (QED) is 0.759. The molecule has 94 valence electrons. The molecule has 1 N–H and O–H groups in total. The van der Waals surface area contributed by atoms with Crippen LogP contribution in [0.25, 0.3) is 0 Å². The Morgan fingerprint density at radius 2 is 2.12 bits per heavy atom. The summed E-state index contributed by atoms with van der Waals surface area (Å²) in [5.41, 5.74) is 4.06. The van der Waals surface area contributed by atoms with Crippen molar-refractivity contribution < 1.29 is 4.74 Å². The van der Waals surface area contributed by atoms with Crippen molar-refractivity contribution in [3.05, 3.63) is 34.9 Å². The Balaban J connectivity index is 1.76. The second-order valence-corrected chi connectivity index (χ2v) is 4.67. The van der Waals surface area contributed by atoms with Gasteiger partial charge >= 0.3 is 0 Å². The van der Waals surface area contributed by atoms with E-state index in [0.717, 1.165) is 39.4 Å². The van der Waals surface area contributed by atoms with Gasteiger partial charge in [0.05, 0.1) is 13.2 Å². The molecule has 1 aromatic carbocycles. The third kappa shape index (κ3) is 3.53. The van der Waals surface area contributed by atoms with Crippen molar-refractivity contribution in [3.63, 3.8) is 0 Å². The molecule has 0 unspecified atom stereocenters. The van der Waals surface area contributed by atoms with Gasteiger partial charge in [-0.15, -0.1) is 0 Å². The van der Waals surface area contributed by atoms with Gasteiger partial charge in [-0.3, -0.25) is 0 Å². The van der Waals surface area contributed by atoms with E-state index >= 15 is 0 Å². The molecule has 0 amide bonds. The molecule has 17 heavy (non-hydrogen) atoms. The van der Waals surface area contributed by atoms with E-state index in [1.165, 1.54) is 16.7 Å². The van der Waals surface area contributed by atoms with Crippen LogP contribution in [0.3, 0.4) is 0 Å². The maximum absolute atomic E-state index is 5.41. The van der Waals surface area contributed by atoms with Gasteiger partial charge in [0.2, 0.25) is 0 Å². The van der Waals surface area contributed by atoms with Gasteiger partial charge in [-0.25, -0.2) is 0 Å². The lowest BCUT2D eigenvalue weighted by molar-refractivity contribution is 0.134. The first-order valence-electron chi connectivity index (χ1n) is 6.37. The number of likely N-dealkylation sites (N-methyl/N-ethyl adjacent to an activating group) is 1. The summed E-state index contributed by atoms with van der Waals surface area (Å²) < 4.78 is 5.41. The minimum Gasteiger partial charge on any atom is -0.372 e. The van der Waals surface area contributed by atoms with Crippen LogP contribution in [-0.4, -0.2) is 31.6 Å². The highest BCUT2D eigenvalue weighted by atomic mass is 16.5. The third-order valence-corrected chi connectivity index (χ3v) is 3.33. The zero-order valence-corrected chi connectivity index (χ0v) is 10.8. The molecule has 1 aliphatic heterocycles. The summed E-state index contributed by atoms with van der Waals surface area (Å²) >= 11 is 0. The van der Waals surface area contributed by atoms with Crippen LogP contribution in [-0.2, 0) is 24.5 Å². The van der Waals surface area contributed by atoms with E-state index in [1.807, 2.05) is 0 Å². The fraction of sp³-hybridized carbons (Fsp3) is 0.571. The third-order valence-electron chi connectivity index (χ3n) is 3.33. The summed E-state index contributed by atoms with van der Waals surface area (Å²) in [7, 11) is 2.15. The zero-order chi connectivity index (χ0) is 12.1. The first-order valence-corrected chi connectivity index (χ1v) is 6.37. The van der Waals surface area contributed by atoms with Crippen molar-refractivity contribution in [1.82, 2.24) is 10.2 Å². The van der Waals surface area contributed by atoms with E-state index in [2.05, 4.69) is 42.4 Å². The molecule has 0 radical (unpaired) electrons. The number of nitrogens with zero attached hydrogens (tertiary/aromatic N) is 1. The van der Waals surface area contributed by atoms with Crippen LogP contribution in [0.1, 0.15) is 23.6 Å². The molecule has 0 aromatic heterocycles. The van der Waals surface area contributed by atoms with E-state index in [-0.39, 0.29) is 0 Å². The van der Waals surface area contributed by atoms with Crippen LogP contribution in [0.4, 0.5) is 0 Å². The molecule has 0 saturated carbocycles. The molecular weight excluding hydrogens is 212 g/mol. The van der Waals surface area contributed by atoms with Crippen molar-refractivity contribution in [1.29, 1.82) is 0 Å². The number of ether oxygens (including phenoxy) is 1. The Bertz CT molecular complexity index is 365. The van der Waals surface area contributed by atoms with E-state index in [1.54, 1.807) is 0 Å². The molecule has 0 spiro atoms. The first kappa shape index (κ1) is 12.6.